The van der Waals surface area contributed by atoms with E-state index < -0.39 is 0 Å². The number of quaternary nitrogens is 1. The minimum absolute atomic E-state index is 0.0565. The number of carbonyl (C=O) groups excluding carboxylic acids is 2. The van der Waals surface area contributed by atoms with Crippen molar-refractivity contribution in [3.8, 4) is 0 Å². The summed E-state index contributed by atoms with van der Waals surface area (Å²) in [4.78, 5) is 27.3. The first-order chi connectivity index (χ1) is 10.1. The van der Waals surface area contributed by atoms with Crippen molar-refractivity contribution in [1.82, 2.24) is 10.2 Å². The summed E-state index contributed by atoms with van der Waals surface area (Å²) in [7, 11) is 0. The van der Waals surface area contributed by atoms with Crippen LogP contribution in [0.15, 0.2) is 30.3 Å². The number of carbonyl (C=O) groups is 2. The van der Waals surface area contributed by atoms with Gasteiger partial charge in [0.05, 0.1) is 26.2 Å². The zero-order chi connectivity index (χ0) is 15.2. The lowest BCUT2D eigenvalue weighted by Crippen LogP contribution is -3.19. The third kappa shape index (κ3) is 3.82. The number of piperazine rings is 1. The summed E-state index contributed by atoms with van der Waals surface area (Å²) >= 11 is 0. The fourth-order valence-electron chi connectivity index (χ4n) is 2.71. The lowest BCUT2D eigenvalue weighted by molar-refractivity contribution is -0.917. The Morgan fingerprint density at radius 1 is 1.24 bits per heavy atom. The molecular weight excluding hydrogens is 266 g/mol. The molecule has 1 atom stereocenters. The summed E-state index contributed by atoms with van der Waals surface area (Å²) in [5.74, 6) is 0.177. The number of rotatable bonds is 4. The number of hydrogen-bond donors (Lipinski definition) is 2. The van der Waals surface area contributed by atoms with Crippen LogP contribution < -0.4 is 10.2 Å². The second-order valence-corrected chi connectivity index (χ2v) is 5.43. The van der Waals surface area contributed by atoms with Crippen LogP contribution in [0.2, 0.25) is 0 Å². The van der Waals surface area contributed by atoms with Gasteiger partial charge in [-0.3, -0.25) is 9.59 Å². The maximum atomic E-state index is 12.4. The summed E-state index contributed by atoms with van der Waals surface area (Å²) in [6, 6.07) is 9.31. The van der Waals surface area contributed by atoms with Gasteiger partial charge >= 0.3 is 0 Å². The van der Waals surface area contributed by atoms with Gasteiger partial charge in [-0.2, -0.15) is 0 Å². The molecule has 5 heteroatoms. The molecule has 0 aliphatic carbocycles. The summed E-state index contributed by atoms with van der Waals surface area (Å²) in [5, 5.41) is 2.86. The van der Waals surface area contributed by atoms with Crippen molar-refractivity contribution in [3.63, 3.8) is 0 Å². The van der Waals surface area contributed by atoms with Crippen LogP contribution in [0.3, 0.4) is 0 Å². The molecule has 0 radical (unpaired) electrons. The fourth-order valence-corrected chi connectivity index (χ4v) is 2.71. The molecule has 1 fully saturated rings. The van der Waals surface area contributed by atoms with E-state index >= 15 is 0 Å². The van der Waals surface area contributed by atoms with Gasteiger partial charge < -0.3 is 15.1 Å². The van der Waals surface area contributed by atoms with Crippen LogP contribution in [-0.4, -0.2) is 55.5 Å². The van der Waals surface area contributed by atoms with Gasteiger partial charge in [0.2, 0.25) is 0 Å². The van der Waals surface area contributed by atoms with E-state index in [0.29, 0.717) is 19.6 Å². The molecule has 1 aliphatic rings. The van der Waals surface area contributed by atoms with Crippen LogP contribution in [0.25, 0.3) is 0 Å². The van der Waals surface area contributed by atoms with E-state index in [4.69, 9.17) is 0 Å². The number of nitrogens with zero attached hydrogens (tertiary/aromatic N) is 1. The Morgan fingerprint density at radius 3 is 2.43 bits per heavy atom. The Kier molecular flexibility index (Phi) is 5.33. The van der Waals surface area contributed by atoms with E-state index in [9.17, 15) is 9.59 Å². The van der Waals surface area contributed by atoms with Gasteiger partial charge in [-0.05, 0) is 26.0 Å². The molecular formula is C16H24N3O2+. The molecule has 0 bridgehead atoms. The standard InChI is InChI=1S/C16H23N3O2/c1-3-17-15(20)13(2)18-9-11-19(12-10-18)16(21)14-7-5-4-6-8-14/h4-8,13H,3,9-12H2,1-2H3,(H,17,20)/p+1/t13-/m0/s1. The first-order valence-corrected chi connectivity index (χ1v) is 7.60. The zero-order valence-corrected chi connectivity index (χ0v) is 12.8. The molecule has 0 saturated carbocycles. The summed E-state index contributed by atoms with van der Waals surface area (Å²) in [5.41, 5.74) is 0.734. The molecule has 1 aliphatic heterocycles. The van der Waals surface area contributed by atoms with Crippen LogP contribution >= 0.6 is 0 Å². The molecule has 2 amide bonds. The SMILES string of the molecule is CCNC(=O)[C@H](C)[NH+]1CCN(C(=O)c2ccccc2)CC1. The monoisotopic (exact) mass is 290 g/mol. The Balaban J connectivity index is 1.88. The van der Waals surface area contributed by atoms with Gasteiger partial charge in [0, 0.05) is 12.1 Å². The van der Waals surface area contributed by atoms with E-state index in [1.165, 1.54) is 4.90 Å². The molecule has 0 unspecified atom stereocenters. The average Bonchev–Trinajstić information content (AvgIpc) is 2.54. The van der Waals surface area contributed by atoms with E-state index in [2.05, 4.69) is 5.32 Å². The third-order valence-corrected chi connectivity index (χ3v) is 4.07. The van der Waals surface area contributed by atoms with Crippen LogP contribution in [0, 0.1) is 0 Å². The number of hydrogen-bond acceptors (Lipinski definition) is 2. The quantitative estimate of drug-likeness (QED) is 0.789. The smallest absolute Gasteiger partial charge is 0.278 e. The Labute approximate surface area is 125 Å². The Hall–Kier alpha value is -1.88. The van der Waals surface area contributed by atoms with Gasteiger partial charge in [0.25, 0.3) is 11.8 Å². The van der Waals surface area contributed by atoms with Crippen molar-refractivity contribution in [3.05, 3.63) is 35.9 Å². The highest BCUT2D eigenvalue weighted by Gasteiger charge is 2.30. The number of likely N-dealkylation sites (N-methyl/N-ethyl adjacent to an activating group) is 1. The minimum atomic E-state index is -0.0565. The maximum Gasteiger partial charge on any atom is 0.278 e. The first kappa shape index (κ1) is 15.5. The van der Waals surface area contributed by atoms with Crippen LogP contribution in [0.5, 0.6) is 0 Å². The average molecular weight is 290 g/mol. The molecule has 0 aromatic heterocycles. The van der Waals surface area contributed by atoms with E-state index in [-0.39, 0.29) is 17.9 Å². The number of amides is 2. The van der Waals surface area contributed by atoms with Crippen molar-refractivity contribution in [2.45, 2.75) is 19.9 Å². The Bertz CT molecular complexity index is 482. The molecule has 5 nitrogen and oxygen atoms in total. The molecule has 1 saturated heterocycles. The molecule has 21 heavy (non-hydrogen) atoms. The van der Waals surface area contributed by atoms with Crippen molar-refractivity contribution < 1.29 is 14.5 Å². The number of nitrogens with one attached hydrogen (secondary N) is 2. The topological polar surface area (TPSA) is 53.9 Å². The van der Waals surface area contributed by atoms with E-state index in [1.807, 2.05) is 49.1 Å². The zero-order valence-electron chi connectivity index (χ0n) is 12.8. The molecule has 1 heterocycles. The highest BCUT2D eigenvalue weighted by atomic mass is 16.2. The van der Waals surface area contributed by atoms with Gasteiger partial charge in [0.1, 0.15) is 0 Å². The normalized spacial score (nSPS) is 17.3. The van der Waals surface area contributed by atoms with Crippen molar-refractivity contribution in [2.75, 3.05) is 32.7 Å². The summed E-state index contributed by atoms with van der Waals surface area (Å²) in [6.07, 6.45) is 0. The largest absolute Gasteiger partial charge is 0.351 e. The van der Waals surface area contributed by atoms with E-state index in [0.717, 1.165) is 18.7 Å². The highest BCUT2D eigenvalue weighted by Crippen LogP contribution is 2.04. The van der Waals surface area contributed by atoms with Gasteiger partial charge in [-0.1, -0.05) is 18.2 Å². The molecule has 2 rings (SSSR count). The summed E-state index contributed by atoms with van der Waals surface area (Å²) in [6.45, 7) is 7.58. The van der Waals surface area contributed by atoms with Crippen molar-refractivity contribution >= 4 is 11.8 Å². The first-order valence-electron chi connectivity index (χ1n) is 7.60. The van der Waals surface area contributed by atoms with E-state index in [1.54, 1.807) is 0 Å². The number of benzene rings is 1. The predicted molar refractivity (Wildman–Crippen MR) is 81.2 cm³/mol. The van der Waals surface area contributed by atoms with Crippen LogP contribution in [-0.2, 0) is 4.79 Å². The fraction of sp³-hybridized carbons (Fsp3) is 0.500. The second kappa shape index (κ2) is 7.22. The predicted octanol–water partition coefficient (Wildman–Crippen LogP) is -0.448. The van der Waals surface area contributed by atoms with Crippen LogP contribution in [0.4, 0.5) is 0 Å². The highest BCUT2D eigenvalue weighted by molar-refractivity contribution is 5.94. The van der Waals surface area contributed by atoms with Gasteiger partial charge in [-0.15, -0.1) is 0 Å². The lowest BCUT2D eigenvalue weighted by atomic mass is 10.1. The summed E-state index contributed by atoms with van der Waals surface area (Å²) < 4.78 is 0. The third-order valence-electron chi connectivity index (χ3n) is 4.07. The molecule has 1 aromatic carbocycles. The Morgan fingerprint density at radius 2 is 1.86 bits per heavy atom. The van der Waals surface area contributed by atoms with Gasteiger partial charge in [0.15, 0.2) is 6.04 Å². The molecule has 1 aromatic rings. The van der Waals surface area contributed by atoms with Crippen LogP contribution in [0.1, 0.15) is 24.2 Å². The molecule has 114 valence electrons. The molecule has 0 spiro atoms. The van der Waals surface area contributed by atoms with Gasteiger partial charge in [-0.25, -0.2) is 0 Å². The lowest BCUT2D eigenvalue weighted by Gasteiger charge is -2.34. The molecule has 2 N–H and O–H groups in total. The maximum absolute atomic E-state index is 12.4. The second-order valence-electron chi connectivity index (χ2n) is 5.43. The van der Waals surface area contributed by atoms with Crippen molar-refractivity contribution in [2.24, 2.45) is 0 Å². The van der Waals surface area contributed by atoms with Crippen molar-refractivity contribution in [1.29, 1.82) is 0 Å². The minimum Gasteiger partial charge on any atom is -0.351 e.